The van der Waals surface area contributed by atoms with Gasteiger partial charge >= 0.3 is 12.9 Å². The van der Waals surface area contributed by atoms with Crippen molar-refractivity contribution < 1.29 is 23.6 Å². The van der Waals surface area contributed by atoms with E-state index in [4.69, 9.17) is 21.0 Å². The van der Waals surface area contributed by atoms with Crippen LogP contribution >= 0.6 is 18.2 Å². The van der Waals surface area contributed by atoms with Gasteiger partial charge in [0.2, 0.25) is 0 Å². The average Bonchev–Trinajstić information content (AvgIpc) is 2.33. The van der Waals surface area contributed by atoms with E-state index in [0.29, 0.717) is 5.69 Å². The molecule has 1 rings (SSSR count). The Bertz CT molecular complexity index is 525. The molecule has 21 heavy (non-hydrogen) atoms. The van der Waals surface area contributed by atoms with Crippen LogP contribution in [0.15, 0.2) is 30.3 Å². The van der Waals surface area contributed by atoms with Crippen molar-refractivity contribution in [2.45, 2.75) is 39.3 Å². The largest absolute Gasteiger partial charge is 0.476 e. The molecule has 8 heteroatoms. The molecule has 0 saturated carbocycles. The number of carbonyl (C=O) groups excluding carboxylic acids is 1. The minimum atomic E-state index is -4.42. The van der Waals surface area contributed by atoms with Gasteiger partial charge in [-0.05, 0) is 39.8 Å². The quantitative estimate of drug-likeness (QED) is 0.655. The summed E-state index contributed by atoms with van der Waals surface area (Å²) < 4.78 is 15.3. The van der Waals surface area contributed by atoms with Crippen molar-refractivity contribution in [2.75, 3.05) is 5.06 Å². The van der Waals surface area contributed by atoms with Crippen LogP contribution in [0.1, 0.15) is 27.7 Å². The molecule has 118 valence electrons. The van der Waals surface area contributed by atoms with E-state index >= 15 is 0 Å². The first-order valence-corrected chi connectivity index (χ1v) is 8.77. The summed E-state index contributed by atoms with van der Waals surface area (Å²) in [5.74, 6) is -0.955. The topological polar surface area (TPSA) is 76.1 Å². The standard InChI is InChI=1S/C13H19ClNO5P/c1-10(12(16)19-21(14,17)18)15(20-13(2,3)4)11-8-6-5-7-9-11/h5-10H,1-4H3,(H,17,18). The lowest BCUT2D eigenvalue weighted by atomic mass is 10.2. The van der Waals surface area contributed by atoms with Gasteiger partial charge in [-0.2, -0.15) is 0 Å². The fraction of sp³-hybridized carbons (Fsp3) is 0.462. The van der Waals surface area contributed by atoms with Gasteiger partial charge in [0.25, 0.3) is 0 Å². The molecule has 0 bridgehead atoms. The maximum absolute atomic E-state index is 11.9. The fourth-order valence-electron chi connectivity index (χ4n) is 1.51. The number of hydroxylamine groups is 1. The van der Waals surface area contributed by atoms with E-state index in [1.807, 2.05) is 26.8 Å². The van der Waals surface area contributed by atoms with E-state index < -0.39 is 24.6 Å². The van der Waals surface area contributed by atoms with Gasteiger partial charge in [-0.1, -0.05) is 18.2 Å². The molecule has 0 fully saturated rings. The van der Waals surface area contributed by atoms with E-state index in [-0.39, 0.29) is 0 Å². The van der Waals surface area contributed by atoms with Crippen molar-refractivity contribution in [3.63, 3.8) is 0 Å². The Morgan fingerprint density at radius 3 is 2.29 bits per heavy atom. The molecule has 0 aliphatic rings. The first-order chi connectivity index (χ1) is 9.49. The average molecular weight is 336 g/mol. The zero-order valence-electron chi connectivity index (χ0n) is 12.3. The van der Waals surface area contributed by atoms with Crippen molar-refractivity contribution in [3.8, 4) is 0 Å². The van der Waals surface area contributed by atoms with Crippen molar-refractivity contribution in [3.05, 3.63) is 30.3 Å². The molecule has 0 spiro atoms. The van der Waals surface area contributed by atoms with Crippen LogP contribution in [0, 0.1) is 0 Å². The Labute approximate surface area is 128 Å². The van der Waals surface area contributed by atoms with Crippen LogP contribution in [0.4, 0.5) is 5.69 Å². The maximum atomic E-state index is 11.9. The number of carbonyl (C=O) groups is 1. The van der Waals surface area contributed by atoms with Crippen LogP contribution < -0.4 is 5.06 Å². The molecular weight excluding hydrogens is 317 g/mol. The van der Waals surface area contributed by atoms with Gasteiger partial charge in [0.05, 0.1) is 11.3 Å². The SMILES string of the molecule is CC(C(=O)OP(=O)(O)Cl)N(OC(C)(C)C)c1ccccc1. The lowest BCUT2D eigenvalue weighted by molar-refractivity contribution is -0.139. The Balaban J connectivity index is 3.01. The Hall–Kier alpha value is -1.07. The predicted molar refractivity (Wildman–Crippen MR) is 81.0 cm³/mol. The molecule has 0 heterocycles. The van der Waals surface area contributed by atoms with E-state index in [0.717, 1.165) is 0 Å². The number of para-hydroxylation sites is 1. The van der Waals surface area contributed by atoms with Gasteiger partial charge in [-0.3, -0.25) is 4.84 Å². The molecule has 2 unspecified atom stereocenters. The molecule has 0 aromatic heterocycles. The molecule has 0 amide bonds. The number of rotatable bonds is 5. The van der Waals surface area contributed by atoms with E-state index in [1.54, 1.807) is 24.3 Å². The summed E-state index contributed by atoms with van der Waals surface area (Å²) in [5, 5.41) is 1.33. The molecule has 0 aliphatic heterocycles. The van der Waals surface area contributed by atoms with Gasteiger partial charge in [-0.25, -0.2) is 14.4 Å². The number of anilines is 1. The molecule has 1 aromatic rings. The van der Waals surface area contributed by atoms with Gasteiger partial charge in [0, 0.05) is 11.2 Å². The van der Waals surface area contributed by atoms with E-state index in [1.165, 1.54) is 12.0 Å². The van der Waals surface area contributed by atoms with Gasteiger partial charge in [0.15, 0.2) is 6.04 Å². The number of hydrogen-bond acceptors (Lipinski definition) is 5. The first-order valence-electron chi connectivity index (χ1n) is 6.29. The van der Waals surface area contributed by atoms with Crippen LogP contribution in [-0.4, -0.2) is 22.5 Å². The lowest BCUT2D eigenvalue weighted by Gasteiger charge is -2.34. The van der Waals surface area contributed by atoms with Crippen LogP contribution in [0.5, 0.6) is 0 Å². The highest BCUT2D eigenvalue weighted by Gasteiger charge is 2.32. The summed E-state index contributed by atoms with van der Waals surface area (Å²) in [6.45, 7) is 2.53. The molecule has 0 saturated heterocycles. The van der Waals surface area contributed by atoms with Crippen LogP contribution in [-0.2, 0) is 18.7 Å². The van der Waals surface area contributed by atoms with Crippen molar-refractivity contribution in [2.24, 2.45) is 0 Å². The van der Waals surface area contributed by atoms with Crippen molar-refractivity contribution in [1.29, 1.82) is 0 Å². The smallest absolute Gasteiger partial charge is 0.379 e. The third kappa shape index (κ3) is 6.48. The lowest BCUT2D eigenvalue weighted by Crippen LogP contribution is -2.44. The van der Waals surface area contributed by atoms with Gasteiger partial charge in [-0.15, -0.1) is 0 Å². The second-order valence-corrected chi connectivity index (χ2v) is 7.77. The third-order valence-electron chi connectivity index (χ3n) is 2.28. The minimum Gasteiger partial charge on any atom is -0.379 e. The number of benzene rings is 1. The molecule has 1 N–H and O–H groups in total. The monoisotopic (exact) mass is 335 g/mol. The van der Waals surface area contributed by atoms with E-state index in [9.17, 15) is 9.36 Å². The van der Waals surface area contributed by atoms with Crippen LogP contribution in [0.2, 0.25) is 0 Å². The molecular formula is C13H19ClNO5P. The van der Waals surface area contributed by atoms with E-state index in [2.05, 4.69) is 4.52 Å². The molecule has 0 radical (unpaired) electrons. The molecule has 2 atom stereocenters. The summed E-state index contributed by atoms with van der Waals surface area (Å²) in [6, 6.07) is 7.92. The van der Waals surface area contributed by atoms with Crippen molar-refractivity contribution in [1.82, 2.24) is 0 Å². The van der Waals surface area contributed by atoms with Gasteiger partial charge in [0.1, 0.15) is 0 Å². The normalized spacial score (nSPS) is 15.9. The molecule has 0 aliphatic carbocycles. The summed E-state index contributed by atoms with van der Waals surface area (Å²) in [7, 11) is 0. The third-order valence-corrected chi connectivity index (χ3v) is 2.89. The minimum absolute atomic E-state index is 0.575. The zero-order chi connectivity index (χ0) is 16.3. The summed E-state index contributed by atoms with van der Waals surface area (Å²) >= 11 is 5.06. The Morgan fingerprint density at radius 1 is 1.33 bits per heavy atom. The van der Waals surface area contributed by atoms with Crippen molar-refractivity contribution >= 4 is 29.8 Å². The Morgan fingerprint density at radius 2 is 1.86 bits per heavy atom. The summed E-state index contributed by atoms with van der Waals surface area (Å²) in [5.41, 5.74) is 0.0352. The summed E-state index contributed by atoms with van der Waals surface area (Å²) in [6.07, 6.45) is 0. The highest BCUT2D eigenvalue weighted by molar-refractivity contribution is 7.80. The van der Waals surface area contributed by atoms with Gasteiger partial charge < -0.3 is 9.42 Å². The summed E-state index contributed by atoms with van der Waals surface area (Å²) in [4.78, 5) is 26.6. The highest BCUT2D eigenvalue weighted by Crippen LogP contribution is 2.48. The fourth-order valence-corrected chi connectivity index (χ4v) is 2.09. The maximum Gasteiger partial charge on any atom is 0.476 e. The highest BCUT2D eigenvalue weighted by atomic mass is 35.7. The predicted octanol–water partition coefficient (Wildman–Crippen LogP) is 3.49. The Kier molecular flexibility index (Phi) is 5.82. The zero-order valence-corrected chi connectivity index (χ0v) is 14.0. The second kappa shape index (κ2) is 6.79. The second-order valence-electron chi connectivity index (χ2n) is 5.40. The van der Waals surface area contributed by atoms with Crippen LogP contribution in [0.25, 0.3) is 0 Å². The first kappa shape index (κ1) is 18.0. The number of nitrogens with zero attached hydrogens (tertiary/aromatic N) is 1. The molecule has 1 aromatic carbocycles. The number of hydrogen-bond donors (Lipinski definition) is 1. The van der Waals surface area contributed by atoms with Crippen LogP contribution in [0.3, 0.4) is 0 Å². The molecule has 6 nitrogen and oxygen atoms in total. The number of halogens is 1.